The van der Waals surface area contributed by atoms with E-state index in [-0.39, 0.29) is 5.82 Å². The van der Waals surface area contributed by atoms with Gasteiger partial charge >= 0.3 is 0 Å². The Bertz CT molecular complexity index is 598. The van der Waals surface area contributed by atoms with Crippen LogP contribution >= 0.6 is 12.2 Å². The molecule has 5 heteroatoms. The SMILES string of the molecule is Fc1ccc2c(c1)[nH]c(=S)n2CC1CCOC1. The summed E-state index contributed by atoms with van der Waals surface area (Å²) in [7, 11) is 0. The third-order valence-corrected chi connectivity index (χ3v) is 3.52. The molecule has 1 N–H and O–H groups in total. The summed E-state index contributed by atoms with van der Waals surface area (Å²) in [6.45, 7) is 2.45. The predicted molar refractivity (Wildman–Crippen MR) is 66.0 cm³/mol. The first-order chi connectivity index (χ1) is 8.24. The Labute approximate surface area is 103 Å². The molecule has 1 atom stereocenters. The summed E-state index contributed by atoms with van der Waals surface area (Å²) in [5.41, 5.74) is 1.72. The average molecular weight is 252 g/mol. The fourth-order valence-corrected chi connectivity index (χ4v) is 2.59. The number of fused-ring (bicyclic) bond motifs is 1. The van der Waals surface area contributed by atoms with Gasteiger partial charge in [-0.05, 0) is 36.8 Å². The van der Waals surface area contributed by atoms with Crippen molar-refractivity contribution in [1.82, 2.24) is 9.55 Å². The summed E-state index contributed by atoms with van der Waals surface area (Å²) in [4.78, 5) is 3.04. The van der Waals surface area contributed by atoms with E-state index in [1.807, 2.05) is 4.57 Å². The lowest BCUT2D eigenvalue weighted by Crippen LogP contribution is -2.10. The lowest BCUT2D eigenvalue weighted by atomic mass is 10.1. The lowest BCUT2D eigenvalue weighted by molar-refractivity contribution is 0.182. The zero-order valence-corrected chi connectivity index (χ0v) is 10.1. The second-order valence-corrected chi connectivity index (χ2v) is 4.82. The maximum Gasteiger partial charge on any atom is 0.178 e. The molecule has 0 bridgehead atoms. The molecule has 1 aromatic heterocycles. The van der Waals surface area contributed by atoms with E-state index in [4.69, 9.17) is 17.0 Å². The maximum atomic E-state index is 13.1. The number of halogens is 1. The minimum Gasteiger partial charge on any atom is -0.381 e. The van der Waals surface area contributed by atoms with Gasteiger partial charge in [0.1, 0.15) is 5.82 Å². The second kappa shape index (κ2) is 4.23. The van der Waals surface area contributed by atoms with Crippen LogP contribution in [0.4, 0.5) is 4.39 Å². The topological polar surface area (TPSA) is 29.9 Å². The molecule has 17 heavy (non-hydrogen) atoms. The number of aromatic amines is 1. The van der Waals surface area contributed by atoms with E-state index < -0.39 is 0 Å². The molecule has 1 aromatic carbocycles. The van der Waals surface area contributed by atoms with Crippen LogP contribution in [0.2, 0.25) is 0 Å². The molecule has 0 radical (unpaired) electrons. The van der Waals surface area contributed by atoms with Gasteiger partial charge in [-0.3, -0.25) is 0 Å². The number of hydrogen-bond donors (Lipinski definition) is 1. The molecule has 0 aliphatic carbocycles. The van der Waals surface area contributed by atoms with Gasteiger partial charge in [0.15, 0.2) is 4.77 Å². The summed E-state index contributed by atoms with van der Waals surface area (Å²) in [6, 6.07) is 4.71. The monoisotopic (exact) mass is 252 g/mol. The predicted octanol–water partition coefficient (Wildman–Crippen LogP) is 2.87. The molecule has 0 spiro atoms. The van der Waals surface area contributed by atoms with E-state index in [1.165, 1.54) is 12.1 Å². The molecule has 1 unspecified atom stereocenters. The van der Waals surface area contributed by atoms with Crippen molar-refractivity contribution in [3.8, 4) is 0 Å². The molecule has 1 aliphatic heterocycles. The molecule has 3 rings (SSSR count). The van der Waals surface area contributed by atoms with E-state index >= 15 is 0 Å². The fourth-order valence-electron chi connectivity index (χ4n) is 2.30. The van der Waals surface area contributed by atoms with Crippen molar-refractivity contribution in [2.75, 3.05) is 13.2 Å². The number of imidazole rings is 1. The number of H-pyrrole nitrogens is 1. The number of aromatic nitrogens is 2. The van der Waals surface area contributed by atoms with Gasteiger partial charge < -0.3 is 14.3 Å². The first-order valence-corrected chi connectivity index (χ1v) is 6.10. The number of nitrogens with one attached hydrogen (secondary N) is 1. The smallest absolute Gasteiger partial charge is 0.178 e. The molecule has 90 valence electrons. The molecule has 3 nitrogen and oxygen atoms in total. The van der Waals surface area contributed by atoms with Crippen LogP contribution in [0.25, 0.3) is 11.0 Å². The van der Waals surface area contributed by atoms with Gasteiger partial charge in [-0.15, -0.1) is 0 Å². The lowest BCUT2D eigenvalue weighted by Gasteiger charge is -2.09. The van der Waals surface area contributed by atoms with Gasteiger partial charge in [-0.25, -0.2) is 4.39 Å². The van der Waals surface area contributed by atoms with Gasteiger partial charge in [0.25, 0.3) is 0 Å². The Hall–Kier alpha value is -1.20. The van der Waals surface area contributed by atoms with Gasteiger partial charge in [-0.1, -0.05) is 0 Å². The first kappa shape index (κ1) is 10.9. The molecule has 0 saturated carbocycles. The number of benzene rings is 1. The normalized spacial score (nSPS) is 20.2. The van der Waals surface area contributed by atoms with Crippen molar-refractivity contribution >= 4 is 23.3 Å². The summed E-state index contributed by atoms with van der Waals surface area (Å²) in [6.07, 6.45) is 1.07. The minimum atomic E-state index is -0.245. The highest BCUT2D eigenvalue weighted by atomic mass is 32.1. The van der Waals surface area contributed by atoms with Crippen LogP contribution in [0.15, 0.2) is 18.2 Å². The van der Waals surface area contributed by atoms with Crippen LogP contribution in [0.5, 0.6) is 0 Å². The highest BCUT2D eigenvalue weighted by Crippen LogP contribution is 2.20. The third-order valence-electron chi connectivity index (χ3n) is 3.20. The summed E-state index contributed by atoms with van der Waals surface area (Å²) in [5, 5.41) is 0. The van der Waals surface area contributed by atoms with E-state index in [1.54, 1.807) is 6.07 Å². The third kappa shape index (κ3) is 2.00. The zero-order valence-electron chi connectivity index (χ0n) is 9.28. The van der Waals surface area contributed by atoms with Crippen molar-refractivity contribution in [3.63, 3.8) is 0 Å². The molecule has 1 saturated heterocycles. The fraction of sp³-hybridized carbons (Fsp3) is 0.417. The van der Waals surface area contributed by atoms with Gasteiger partial charge in [0.2, 0.25) is 0 Å². The molecule has 0 amide bonds. The molecular weight excluding hydrogens is 239 g/mol. The van der Waals surface area contributed by atoms with Crippen molar-refractivity contribution < 1.29 is 9.13 Å². The van der Waals surface area contributed by atoms with Crippen LogP contribution in [0.1, 0.15) is 6.42 Å². The van der Waals surface area contributed by atoms with E-state index in [0.29, 0.717) is 10.7 Å². The summed E-state index contributed by atoms with van der Waals surface area (Å²) in [5.74, 6) is 0.260. The van der Waals surface area contributed by atoms with Crippen molar-refractivity contribution in [3.05, 3.63) is 28.8 Å². The van der Waals surface area contributed by atoms with Gasteiger partial charge in [-0.2, -0.15) is 0 Å². The van der Waals surface area contributed by atoms with Crippen LogP contribution in [-0.4, -0.2) is 22.8 Å². The van der Waals surface area contributed by atoms with Crippen molar-refractivity contribution in [2.45, 2.75) is 13.0 Å². The van der Waals surface area contributed by atoms with Crippen LogP contribution in [-0.2, 0) is 11.3 Å². The standard InChI is InChI=1S/C12H13FN2OS/c13-9-1-2-11-10(5-9)14-12(17)15(11)6-8-3-4-16-7-8/h1-2,5,8H,3-4,6-7H2,(H,14,17). The van der Waals surface area contributed by atoms with Crippen LogP contribution in [0, 0.1) is 16.5 Å². The molecule has 2 aromatic rings. The van der Waals surface area contributed by atoms with Gasteiger partial charge in [0.05, 0.1) is 17.6 Å². The Morgan fingerprint density at radius 2 is 2.41 bits per heavy atom. The number of nitrogens with zero attached hydrogens (tertiary/aromatic N) is 1. The Morgan fingerprint density at radius 1 is 1.53 bits per heavy atom. The zero-order chi connectivity index (χ0) is 11.8. The summed E-state index contributed by atoms with van der Waals surface area (Å²) >= 11 is 5.27. The van der Waals surface area contributed by atoms with Crippen molar-refractivity contribution in [1.29, 1.82) is 0 Å². The highest BCUT2D eigenvalue weighted by Gasteiger charge is 2.17. The second-order valence-electron chi connectivity index (χ2n) is 4.43. The maximum absolute atomic E-state index is 13.1. The summed E-state index contributed by atoms with van der Waals surface area (Å²) < 4.78 is 21.1. The Balaban J connectivity index is 2.02. The Morgan fingerprint density at radius 3 is 3.18 bits per heavy atom. The average Bonchev–Trinajstić information content (AvgIpc) is 2.88. The minimum absolute atomic E-state index is 0.245. The number of hydrogen-bond acceptors (Lipinski definition) is 2. The van der Waals surface area contributed by atoms with Crippen LogP contribution < -0.4 is 0 Å². The highest BCUT2D eigenvalue weighted by molar-refractivity contribution is 7.71. The van der Waals surface area contributed by atoms with Crippen LogP contribution in [0.3, 0.4) is 0 Å². The molecule has 1 fully saturated rings. The van der Waals surface area contributed by atoms with Gasteiger partial charge in [0, 0.05) is 19.1 Å². The first-order valence-electron chi connectivity index (χ1n) is 5.70. The largest absolute Gasteiger partial charge is 0.381 e. The molecular formula is C12H13FN2OS. The molecule has 1 aliphatic rings. The number of rotatable bonds is 2. The Kier molecular flexibility index (Phi) is 2.72. The van der Waals surface area contributed by atoms with E-state index in [9.17, 15) is 4.39 Å². The molecule has 2 heterocycles. The van der Waals surface area contributed by atoms with Crippen molar-refractivity contribution in [2.24, 2.45) is 5.92 Å². The van der Waals surface area contributed by atoms with E-state index in [0.717, 1.165) is 37.2 Å². The quantitative estimate of drug-likeness (QED) is 0.833. The van der Waals surface area contributed by atoms with E-state index in [2.05, 4.69) is 4.98 Å². The number of ether oxygens (including phenoxy) is 1.